The Labute approximate surface area is 121 Å². The highest BCUT2D eigenvalue weighted by atomic mass is 16.2. The molecule has 0 N–H and O–H groups in total. The van der Waals surface area contributed by atoms with Gasteiger partial charge in [0.1, 0.15) is 0 Å². The number of rotatable bonds is 2. The molecule has 4 amide bonds. The number of anilines is 2. The van der Waals surface area contributed by atoms with E-state index in [0.29, 0.717) is 11.4 Å². The summed E-state index contributed by atoms with van der Waals surface area (Å²) < 4.78 is 0. The zero-order chi connectivity index (χ0) is 15.0. The standard InChI is InChI=1S/C16H12N2O3/c1-11-7-5-6-10-13(11)18-15(20)14(19)17(16(18)21)12-8-3-2-4-9-12/h2-10H,1H3. The number of aryl methyl sites for hydroxylation is 1. The van der Waals surface area contributed by atoms with Crippen LogP contribution in [0.5, 0.6) is 0 Å². The fourth-order valence-corrected chi connectivity index (χ4v) is 2.30. The summed E-state index contributed by atoms with van der Waals surface area (Å²) in [6.45, 7) is 1.78. The molecule has 1 aliphatic heterocycles. The first-order valence-electron chi connectivity index (χ1n) is 6.44. The molecule has 5 heteroatoms. The van der Waals surface area contributed by atoms with Crippen molar-refractivity contribution in [3.05, 3.63) is 60.2 Å². The minimum atomic E-state index is -0.838. The molecule has 1 saturated heterocycles. The van der Waals surface area contributed by atoms with Crippen LogP contribution < -0.4 is 9.80 Å². The third-order valence-electron chi connectivity index (χ3n) is 3.34. The van der Waals surface area contributed by atoms with Crippen LogP contribution in [0.4, 0.5) is 16.2 Å². The Kier molecular flexibility index (Phi) is 3.02. The maximum Gasteiger partial charge on any atom is 0.343 e. The van der Waals surface area contributed by atoms with Crippen molar-refractivity contribution in [2.24, 2.45) is 0 Å². The van der Waals surface area contributed by atoms with Gasteiger partial charge in [0, 0.05) is 0 Å². The van der Waals surface area contributed by atoms with Crippen molar-refractivity contribution in [1.29, 1.82) is 0 Å². The Morgan fingerprint density at radius 3 is 1.95 bits per heavy atom. The molecule has 1 aliphatic rings. The van der Waals surface area contributed by atoms with Gasteiger partial charge in [0.15, 0.2) is 0 Å². The number of amides is 4. The van der Waals surface area contributed by atoms with Gasteiger partial charge in [-0.3, -0.25) is 9.59 Å². The van der Waals surface area contributed by atoms with Crippen molar-refractivity contribution in [1.82, 2.24) is 0 Å². The number of para-hydroxylation sites is 2. The van der Waals surface area contributed by atoms with Crippen LogP contribution in [0.15, 0.2) is 54.6 Å². The quantitative estimate of drug-likeness (QED) is 0.627. The molecule has 0 atom stereocenters. The average Bonchev–Trinajstić information content (AvgIpc) is 2.71. The van der Waals surface area contributed by atoms with Gasteiger partial charge < -0.3 is 0 Å². The number of benzene rings is 2. The molecule has 21 heavy (non-hydrogen) atoms. The van der Waals surface area contributed by atoms with E-state index in [1.54, 1.807) is 61.5 Å². The third-order valence-corrected chi connectivity index (χ3v) is 3.34. The van der Waals surface area contributed by atoms with Crippen molar-refractivity contribution in [3.8, 4) is 0 Å². The largest absolute Gasteiger partial charge is 0.343 e. The molecule has 1 heterocycles. The topological polar surface area (TPSA) is 57.7 Å². The second kappa shape index (κ2) is 4.86. The molecule has 0 spiro atoms. The van der Waals surface area contributed by atoms with Crippen LogP contribution in [0.25, 0.3) is 0 Å². The predicted octanol–water partition coefficient (Wildman–Crippen LogP) is 2.49. The van der Waals surface area contributed by atoms with E-state index >= 15 is 0 Å². The van der Waals surface area contributed by atoms with Gasteiger partial charge in [-0.05, 0) is 30.7 Å². The maximum atomic E-state index is 12.5. The van der Waals surface area contributed by atoms with Crippen LogP contribution in [0.3, 0.4) is 0 Å². The van der Waals surface area contributed by atoms with Gasteiger partial charge in [-0.1, -0.05) is 36.4 Å². The summed E-state index contributed by atoms with van der Waals surface area (Å²) in [6, 6.07) is 14.7. The summed E-state index contributed by atoms with van der Waals surface area (Å²) in [5, 5.41) is 0. The number of urea groups is 1. The third kappa shape index (κ3) is 1.99. The maximum absolute atomic E-state index is 12.5. The van der Waals surface area contributed by atoms with Crippen LogP contribution in [0.1, 0.15) is 5.56 Å². The Balaban J connectivity index is 2.07. The fourth-order valence-electron chi connectivity index (χ4n) is 2.30. The Morgan fingerprint density at radius 2 is 1.29 bits per heavy atom. The van der Waals surface area contributed by atoms with E-state index in [2.05, 4.69) is 0 Å². The molecule has 5 nitrogen and oxygen atoms in total. The van der Waals surface area contributed by atoms with Gasteiger partial charge in [0.2, 0.25) is 0 Å². The average molecular weight is 280 g/mol. The summed E-state index contributed by atoms with van der Waals surface area (Å²) in [5.41, 5.74) is 1.57. The van der Waals surface area contributed by atoms with Gasteiger partial charge in [0.05, 0.1) is 11.4 Å². The van der Waals surface area contributed by atoms with Crippen molar-refractivity contribution in [2.45, 2.75) is 6.92 Å². The minimum Gasteiger partial charge on any atom is -0.262 e. The summed E-state index contributed by atoms with van der Waals surface area (Å²) in [7, 11) is 0. The second-order valence-corrected chi connectivity index (χ2v) is 4.69. The Hall–Kier alpha value is -2.95. The Bertz CT molecular complexity index is 740. The lowest BCUT2D eigenvalue weighted by molar-refractivity contribution is -0.133. The molecule has 0 aliphatic carbocycles. The minimum absolute atomic E-state index is 0.386. The first-order chi connectivity index (χ1) is 10.1. The zero-order valence-corrected chi connectivity index (χ0v) is 11.3. The van der Waals surface area contributed by atoms with Crippen molar-refractivity contribution < 1.29 is 14.4 Å². The van der Waals surface area contributed by atoms with Crippen molar-refractivity contribution in [2.75, 3.05) is 9.80 Å². The van der Waals surface area contributed by atoms with E-state index in [0.717, 1.165) is 15.4 Å². The highest BCUT2D eigenvalue weighted by Crippen LogP contribution is 2.28. The molecule has 0 radical (unpaired) electrons. The van der Waals surface area contributed by atoms with Crippen LogP contribution in [0.2, 0.25) is 0 Å². The summed E-state index contributed by atoms with van der Waals surface area (Å²) in [6.07, 6.45) is 0. The van der Waals surface area contributed by atoms with Crippen LogP contribution in [-0.4, -0.2) is 17.8 Å². The van der Waals surface area contributed by atoms with E-state index in [1.807, 2.05) is 0 Å². The van der Waals surface area contributed by atoms with E-state index in [1.165, 1.54) is 0 Å². The first kappa shape index (κ1) is 13.1. The highest BCUT2D eigenvalue weighted by molar-refractivity contribution is 6.60. The normalized spacial score (nSPS) is 15.0. The lowest BCUT2D eigenvalue weighted by atomic mass is 10.2. The van der Waals surface area contributed by atoms with Crippen molar-refractivity contribution >= 4 is 29.2 Å². The molecule has 0 unspecified atom stereocenters. The summed E-state index contributed by atoms with van der Waals surface area (Å²) >= 11 is 0. The molecule has 3 rings (SSSR count). The summed E-state index contributed by atoms with van der Waals surface area (Å²) in [5.74, 6) is -1.67. The molecule has 2 aromatic rings. The van der Waals surface area contributed by atoms with Crippen LogP contribution >= 0.6 is 0 Å². The SMILES string of the molecule is Cc1ccccc1N1C(=O)C(=O)N(c2ccccc2)C1=O. The van der Waals surface area contributed by atoms with Crippen LogP contribution in [0, 0.1) is 6.92 Å². The molecule has 0 saturated carbocycles. The van der Waals surface area contributed by atoms with Crippen molar-refractivity contribution in [3.63, 3.8) is 0 Å². The number of carbonyl (C=O) groups excluding carboxylic acids is 3. The number of imide groups is 2. The molecule has 0 aromatic heterocycles. The van der Waals surface area contributed by atoms with Gasteiger partial charge in [-0.2, -0.15) is 0 Å². The molecule has 0 bridgehead atoms. The van der Waals surface area contributed by atoms with Gasteiger partial charge in [0.25, 0.3) is 0 Å². The Morgan fingerprint density at radius 1 is 0.714 bits per heavy atom. The number of hydrogen-bond donors (Lipinski definition) is 0. The van der Waals surface area contributed by atoms with Gasteiger partial charge in [-0.25, -0.2) is 14.6 Å². The van der Waals surface area contributed by atoms with Gasteiger partial charge >= 0.3 is 17.8 Å². The smallest absolute Gasteiger partial charge is 0.262 e. The molecular weight excluding hydrogens is 268 g/mol. The number of carbonyl (C=O) groups is 3. The van der Waals surface area contributed by atoms with E-state index in [-0.39, 0.29) is 0 Å². The van der Waals surface area contributed by atoms with E-state index < -0.39 is 17.8 Å². The second-order valence-electron chi connectivity index (χ2n) is 4.69. The lowest BCUT2D eigenvalue weighted by Crippen LogP contribution is -2.33. The summed E-state index contributed by atoms with van der Waals surface area (Å²) in [4.78, 5) is 38.6. The van der Waals surface area contributed by atoms with E-state index in [4.69, 9.17) is 0 Å². The van der Waals surface area contributed by atoms with Crippen LogP contribution in [-0.2, 0) is 9.59 Å². The monoisotopic (exact) mass is 280 g/mol. The molecule has 104 valence electrons. The highest BCUT2D eigenvalue weighted by Gasteiger charge is 2.46. The zero-order valence-electron chi connectivity index (χ0n) is 11.3. The molecule has 1 fully saturated rings. The van der Waals surface area contributed by atoms with E-state index in [9.17, 15) is 14.4 Å². The predicted molar refractivity (Wildman–Crippen MR) is 78.0 cm³/mol. The first-order valence-corrected chi connectivity index (χ1v) is 6.44. The lowest BCUT2D eigenvalue weighted by Gasteiger charge is -2.17. The molecule has 2 aromatic carbocycles. The van der Waals surface area contributed by atoms with Gasteiger partial charge in [-0.15, -0.1) is 0 Å². The molecular formula is C16H12N2O3. The fraction of sp³-hybridized carbons (Fsp3) is 0.0625. The number of nitrogens with zero attached hydrogens (tertiary/aromatic N) is 2. The number of hydrogen-bond acceptors (Lipinski definition) is 3.